The maximum absolute atomic E-state index is 12.4. The Hall–Kier alpha value is -2.74. The topological polar surface area (TPSA) is 93.7 Å². The summed E-state index contributed by atoms with van der Waals surface area (Å²) in [6.07, 6.45) is 0. The normalized spacial score (nSPS) is 11.1. The molecule has 0 saturated heterocycles. The van der Waals surface area contributed by atoms with Crippen molar-refractivity contribution in [2.45, 2.75) is 18.7 Å². The number of benzene rings is 2. The molecule has 146 valence electrons. The second-order valence-corrected chi connectivity index (χ2v) is 7.97. The summed E-state index contributed by atoms with van der Waals surface area (Å²) in [4.78, 5) is 11.7. The van der Waals surface area contributed by atoms with Gasteiger partial charge < -0.3 is 14.8 Å². The summed E-state index contributed by atoms with van der Waals surface area (Å²) < 4.78 is 37.8. The lowest BCUT2D eigenvalue weighted by Gasteiger charge is -2.11. The number of nitrogens with one attached hydrogen (secondary N) is 2. The highest BCUT2D eigenvalue weighted by molar-refractivity contribution is 7.92. The Morgan fingerprint density at radius 1 is 1.00 bits per heavy atom. The molecule has 0 fully saturated rings. The molecule has 27 heavy (non-hydrogen) atoms. The van der Waals surface area contributed by atoms with Gasteiger partial charge in [-0.3, -0.25) is 9.52 Å². The number of carbonyl (C=O) groups excluding carboxylic acids is 1. The number of anilines is 1. The van der Waals surface area contributed by atoms with E-state index >= 15 is 0 Å². The Labute approximate surface area is 159 Å². The highest BCUT2D eigenvalue weighted by Gasteiger charge is 2.14. The zero-order valence-corrected chi connectivity index (χ0v) is 16.4. The molecule has 8 heteroatoms. The van der Waals surface area contributed by atoms with E-state index in [0.29, 0.717) is 29.6 Å². The lowest BCUT2D eigenvalue weighted by atomic mass is 10.2. The highest BCUT2D eigenvalue weighted by atomic mass is 32.2. The van der Waals surface area contributed by atoms with E-state index in [2.05, 4.69) is 10.0 Å². The number of carbonyl (C=O) groups is 1. The van der Waals surface area contributed by atoms with Crippen LogP contribution in [0, 0.1) is 5.92 Å². The van der Waals surface area contributed by atoms with Crippen molar-refractivity contribution >= 4 is 21.6 Å². The Balaban J connectivity index is 1.95. The number of ether oxygens (including phenoxy) is 2. The van der Waals surface area contributed by atoms with Crippen molar-refractivity contribution < 1.29 is 22.7 Å². The number of hydrogen-bond donors (Lipinski definition) is 2. The van der Waals surface area contributed by atoms with Crippen LogP contribution in [-0.4, -0.2) is 34.6 Å². The third-order valence-corrected chi connectivity index (χ3v) is 4.95. The zero-order chi connectivity index (χ0) is 19.9. The average molecular weight is 392 g/mol. The molecular formula is C19H24N2O5S. The van der Waals surface area contributed by atoms with E-state index in [1.54, 1.807) is 24.3 Å². The van der Waals surface area contributed by atoms with Gasteiger partial charge in [-0.05, 0) is 54.4 Å². The summed E-state index contributed by atoms with van der Waals surface area (Å²) in [5.74, 6) is 1.19. The summed E-state index contributed by atoms with van der Waals surface area (Å²) in [6, 6.07) is 12.4. The molecule has 0 aliphatic rings. The van der Waals surface area contributed by atoms with Crippen LogP contribution in [0.4, 0.5) is 5.69 Å². The van der Waals surface area contributed by atoms with Crippen molar-refractivity contribution in [3.8, 4) is 11.5 Å². The fraction of sp³-hybridized carbons (Fsp3) is 0.316. The number of methoxy groups -OCH3 is 1. The lowest BCUT2D eigenvalue weighted by molar-refractivity contribution is -0.123. The van der Waals surface area contributed by atoms with Crippen LogP contribution in [0.3, 0.4) is 0 Å². The molecule has 0 aliphatic carbocycles. The first-order chi connectivity index (χ1) is 12.8. The molecule has 2 N–H and O–H groups in total. The van der Waals surface area contributed by atoms with E-state index in [-0.39, 0.29) is 17.4 Å². The predicted molar refractivity (Wildman–Crippen MR) is 104 cm³/mol. The van der Waals surface area contributed by atoms with E-state index in [4.69, 9.17) is 9.47 Å². The molecule has 0 aliphatic heterocycles. The molecule has 7 nitrogen and oxygen atoms in total. The van der Waals surface area contributed by atoms with Crippen molar-refractivity contribution in [1.82, 2.24) is 5.32 Å². The van der Waals surface area contributed by atoms with Gasteiger partial charge in [0.2, 0.25) is 0 Å². The van der Waals surface area contributed by atoms with Crippen LogP contribution in [0.1, 0.15) is 13.8 Å². The molecule has 2 rings (SSSR count). The standard InChI is InChI=1S/C19H24N2O5S/c1-14(2)12-20-19(22)13-26-17-8-10-18(11-9-17)27(23,24)21-15-4-6-16(25-3)7-5-15/h4-11,14,21H,12-13H2,1-3H3,(H,20,22). The van der Waals surface area contributed by atoms with Crippen LogP contribution >= 0.6 is 0 Å². The molecular weight excluding hydrogens is 368 g/mol. The van der Waals surface area contributed by atoms with Gasteiger partial charge in [-0.1, -0.05) is 13.8 Å². The van der Waals surface area contributed by atoms with Gasteiger partial charge in [0.15, 0.2) is 6.61 Å². The Morgan fingerprint density at radius 3 is 2.15 bits per heavy atom. The maximum Gasteiger partial charge on any atom is 0.261 e. The molecule has 1 amide bonds. The number of sulfonamides is 1. The quantitative estimate of drug-likeness (QED) is 0.684. The molecule has 0 radical (unpaired) electrons. The van der Waals surface area contributed by atoms with Gasteiger partial charge in [0.05, 0.1) is 12.0 Å². The average Bonchev–Trinajstić information content (AvgIpc) is 2.65. The zero-order valence-electron chi connectivity index (χ0n) is 15.6. The van der Waals surface area contributed by atoms with Gasteiger partial charge in [-0.15, -0.1) is 0 Å². The minimum Gasteiger partial charge on any atom is -0.497 e. The van der Waals surface area contributed by atoms with Gasteiger partial charge in [-0.25, -0.2) is 8.42 Å². The highest BCUT2D eigenvalue weighted by Crippen LogP contribution is 2.21. The van der Waals surface area contributed by atoms with Gasteiger partial charge in [-0.2, -0.15) is 0 Å². The summed E-state index contributed by atoms with van der Waals surface area (Å²) in [5, 5.41) is 2.74. The first kappa shape index (κ1) is 20.6. The predicted octanol–water partition coefficient (Wildman–Crippen LogP) is 2.65. The summed E-state index contributed by atoms with van der Waals surface area (Å²) in [5.41, 5.74) is 0.429. The Bertz CT molecular complexity index is 847. The fourth-order valence-corrected chi connectivity index (χ4v) is 3.16. The van der Waals surface area contributed by atoms with Crippen LogP contribution in [0.25, 0.3) is 0 Å². The van der Waals surface area contributed by atoms with Crippen molar-refractivity contribution in [1.29, 1.82) is 0 Å². The van der Waals surface area contributed by atoms with Crippen LogP contribution < -0.4 is 19.5 Å². The van der Waals surface area contributed by atoms with Crippen molar-refractivity contribution in [2.24, 2.45) is 5.92 Å². The summed E-state index contributed by atoms with van der Waals surface area (Å²) in [7, 11) is -2.19. The Kier molecular flexibility index (Phi) is 7.06. The number of rotatable bonds is 9. The fourth-order valence-electron chi connectivity index (χ4n) is 2.11. The summed E-state index contributed by atoms with van der Waals surface area (Å²) in [6.45, 7) is 4.46. The first-order valence-corrected chi connectivity index (χ1v) is 9.95. The molecule has 2 aromatic rings. The molecule has 0 atom stereocenters. The van der Waals surface area contributed by atoms with Gasteiger partial charge in [0.25, 0.3) is 15.9 Å². The van der Waals surface area contributed by atoms with Gasteiger partial charge in [0.1, 0.15) is 11.5 Å². The van der Waals surface area contributed by atoms with E-state index in [1.807, 2.05) is 13.8 Å². The number of amides is 1. The molecule has 0 aromatic heterocycles. The van der Waals surface area contributed by atoms with E-state index < -0.39 is 10.0 Å². The van der Waals surface area contributed by atoms with Crippen LogP contribution in [0.2, 0.25) is 0 Å². The second kappa shape index (κ2) is 9.27. The van der Waals surface area contributed by atoms with E-state index in [0.717, 1.165) is 0 Å². The molecule has 0 saturated carbocycles. The van der Waals surface area contributed by atoms with Gasteiger partial charge >= 0.3 is 0 Å². The van der Waals surface area contributed by atoms with Crippen LogP contribution in [0.5, 0.6) is 11.5 Å². The minimum absolute atomic E-state index is 0.0925. The second-order valence-electron chi connectivity index (χ2n) is 6.29. The molecule has 0 bridgehead atoms. The third-order valence-electron chi connectivity index (χ3n) is 3.55. The van der Waals surface area contributed by atoms with Crippen LogP contribution in [0.15, 0.2) is 53.4 Å². The molecule has 0 spiro atoms. The number of hydrogen-bond acceptors (Lipinski definition) is 5. The largest absolute Gasteiger partial charge is 0.497 e. The molecule has 0 unspecified atom stereocenters. The molecule has 2 aromatic carbocycles. The third kappa shape index (κ3) is 6.49. The van der Waals surface area contributed by atoms with E-state index in [1.165, 1.54) is 31.4 Å². The molecule has 0 heterocycles. The Morgan fingerprint density at radius 2 is 1.59 bits per heavy atom. The van der Waals surface area contributed by atoms with Crippen LogP contribution in [-0.2, 0) is 14.8 Å². The van der Waals surface area contributed by atoms with Crippen molar-refractivity contribution in [3.05, 3.63) is 48.5 Å². The van der Waals surface area contributed by atoms with Crippen molar-refractivity contribution in [2.75, 3.05) is 25.0 Å². The SMILES string of the molecule is COc1ccc(NS(=O)(=O)c2ccc(OCC(=O)NCC(C)C)cc2)cc1. The van der Waals surface area contributed by atoms with E-state index in [9.17, 15) is 13.2 Å². The maximum atomic E-state index is 12.4. The lowest BCUT2D eigenvalue weighted by Crippen LogP contribution is -2.31. The first-order valence-electron chi connectivity index (χ1n) is 8.46. The van der Waals surface area contributed by atoms with Gasteiger partial charge in [0, 0.05) is 12.2 Å². The minimum atomic E-state index is -3.72. The smallest absolute Gasteiger partial charge is 0.261 e. The monoisotopic (exact) mass is 392 g/mol. The van der Waals surface area contributed by atoms with Crippen molar-refractivity contribution in [3.63, 3.8) is 0 Å². The summed E-state index contributed by atoms with van der Waals surface area (Å²) >= 11 is 0.